The second-order valence-electron chi connectivity index (χ2n) is 4.85. The normalized spacial score (nSPS) is 26.9. The Morgan fingerprint density at radius 1 is 1.44 bits per heavy atom. The zero-order valence-corrected chi connectivity index (χ0v) is 10.3. The summed E-state index contributed by atoms with van der Waals surface area (Å²) in [6.07, 6.45) is 7.27. The fourth-order valence-electron chi connectivity index (χ4n) is 2.78. The largest absolute Gasteiger partial charge is 0.306 e. The number of pyridine rings is 1. The van der Waals surface area contributed by atoms with Crippen LogP contribution >= 0.6 is 0 Å². The van der Waals surface area contributed by atoms with E-state index in [2.05, 4.69) is 36.3 Å². The number of nitrogens with zero attached hydrogens (tertiary/aromatic N) is 1. The Morgan fingerprint density at radius 3 is 3.00 bits per heavy atom. The van der Waals surface area contributed by atoms with Gasteiger partial charge < -0.3 is 5.32 Å². The van der Waals surface area contributed by atoms with Gasteiger partial charge in [0.25, 0.3) is 0 Å². The molecule has 1 N–H and O–H groups in total. The van der Waals surface area contributed by atoms with Crippen LogP contribution in [-0.2, 0) is 0 Å². The lowest BCUT2D eigenvalue weighted by Crippen LogP contribution is -2.34. The van der Waals surface area contributed by atoms with Crippen molar-refractivity contribution in [1.29, 1.82) is 0 Å². The van der Waals surface area contributed by atoms with Gasteiger partial charge >= 0.3 is 0 Å². The molecule has 2 nitrogen and oxygen atoms in total. The maximum atomic E-state index is 4.41. The summed E-state index contributed by atoms with van der Waals surface area (Å²) in [5, 5.41) is 3.73. The maximum absolute atomic E-state index is 4.41. The van der Waals surface area contributed by atoms with Crippen LogP contribution in [0.25, 0.3) is 0 Å². The first-order chi connectivity index (χ1) is 7.81. The molecule has 1 aromatic heterocycles. The average molecular weight is 218 g/mol. The Labute approximate surface area is 98.5 Å². The van der Waals surface area contributed by atoms with Crippen LogP contribution < -0.4 is 5.32 Å². The number of nitrogens with one attached hydrogen (secondary N) is 1. The van der Waals surface area contributed by atoms with Gasteiger partial charge in [-0.15, -0.1) is 0 Å². The lowest BCUT2D eigenvalue weighted by atomic mass is 9.99. The summed E-state index contributed by atoms with van der Waals surface area (Å²) >= 11 is 0. The van der Waals surface area contributed by atoms with E-state index in [1.54, 1.807) is 0 Å². The van der Waals surface area contributed by atoms with Gasteiger partial charge in [-0.1, -0.05) is 25.8 Å². The van der Waals surface area contributed by atoms with Crippen molar-refractivity contribution >= 4 is 0 Å². The van der Waals surface area contributed by atoms with E-state index in [0.29, 0.717) is 12.1 Å². The van der Waals surface area contributed by atoms with E-state index in [0.717, 1.165) is 11.6 Å². The summed E-state index contributed by atoms with van der Waals surface area (Å²) in [5.74, 6) is 0.867. The van der Waals surface area contributed by atoms with E-state index in [9.17, 15) is 0 Å². The smallest absolute Gasteiger partial charge is 0.0570 e. The quantitative estimate of drug-likeness (QED) is 0.838. The van der Waals surface area contributed by atoms with E-state index in [-0.39, 0.29) is 0 Å². The van der Waals surface area contributed by atoms with Crippen molar-refractivity contribution in [1.82, 2.24) is 10.3 Å². The van der Waals surface area contributed by atoms with Gasteiger partial charge in [-0.3, -0.25) is 4.98 Å². The van der Waals surface area contributed by atoms with Crippen molar-refractivity contribution in [2.45, 2.75) is 51.6 Å². The van der Waals surface area contributed by atoms with Crippen molar-refractivity contribution < 1.29 is 0 Å². The first kappa shape index (κ1) is 11.6. The van der Waals surface area contributed by atoms with Crippen LogP contribution in [0.1, 0.15) is 51.3 Å². The predicted molar refractivity (Wildman–Crippen MR) is 67.2 cm³/mol. The number of rotatable bonds is 4. The molecule has 1 fully saturated rings. The molecule has 16 heavy (non-hydrogen) atoms. The SMILES string of the molecule is CC[C@@H]1CCC[C@@H]1N[C@@H](C)c1ccccn1. The van der Waals surface area contributed by atoms with Crippen LogP contribution in [0.4, 0.5) is 0 Å². The van der Waals surface area contributed by atoms with E-state index in [1.165, 1.54) is 25.7 Å². The molecule has 1 saturated carbocycles. The fraction of sp³-hybridized carbons (Fsp3) is 0.643. The van der Waals surface area contributed by atoms with Crippen molar-refractivity contribution in [2.24, 2.45) is 5.92 Å². The van der Waals surface area contributed by atoms with Gasteiger partial charge in [0.15, 0.2) is 0 Å². The zero-order valence-electron chi connectivity index (χ0n) is 10.3. The first-order valence-corrected chi connectivity index (χ1v) is 6.48. The molecule has 1 aliphatic carbocycles. The average Bonchev–Trinajstić information content (AvgIpc) is 2.77. The van der Waals surface area contributed by atoms with Crippen LogP contribution in [0.5, 0.6) is 0 Å². The van der Waals surface area contributed by atoms with Crippen molar-refractivity contribution in [3.05, 3.63) is 30.1 Å². The molecule has 0 unspecified atom stereocenters. The Morgan fingerprint density at radius 2 is 2.31 bits per heavy atom. The standard InChI is InChI=1S/C14H22N2/c1-3-12-7-6-9-14(12)16-11(2)13-8-4-5-10-15-13/h4-5,8,10-12,14,16H,3,6-7,9H2,1-2H3/t11-,12+,14-/m0/s1. The molecule has 2 rings (SSSR count). The van der Waals surface area contributed by atoms with Gasteiger partial charge in [0, 0.05) is 18.3 Å². The zero-order chi connectivity index (χ0) is 11.4. The summed E-state index contributed by atoms with van der Waals surface area (Å²) in [5.41, 5.74) is 1.16. The van der Waals surface area contributed by atoms with E-state index < -0.39 is 0 Å². The van der Waals surface area contributed by atoms with E-state index in [1.807, 2.05) is 12.3 Å². The van der Waals surface area contributed by atoms with Crippen LogP contribution in [0.2, 0.25) is 0 Å². The summed E-state index contributed by atoms with van der Waals surface area (Å²) in [7, 11) is 0. The Balaban J connectivity index is 1.94. The van der Waals surface area contributed by atoms with E-state index in [4.69, 9.17) is 0 Å². The Kier molecular flexibility index (Phi) is 3.94. The molecule has 2 heteroatoms. The van der Waals surface area contributed by atoms with Crippen LogP contribution in [0.3, 0.4) is 0 Å². The highest BCUT2D eigenvalue weighted by Crippen LogP contribution is 2.29. The molecule has 1 heterocycles. The van der Waals surface area contributed by atoms with Gasteiger partial charge in [-0.05, 0) is 37.8 Å². The molecule has 0 aromatic carbocycles. The van der Waals surface area contributed by atoms with Gasteiger partial charge in [-0.2, -0.15) is 0 Å². The predicted octanol–water partition coefficient (Wildman–Crippen LogP) is 3.31. The topological polar surface area (TPSA) is 24.9 Å². The van der Waals surface area contributed by atoms with Gasteiger partial charge in [0.05, 0.1) is 5.69 Å². The molecule has 88 valence electrons. The number of hydrogen-bond acceptors (Lipinski definition) is 2. The van der Waals surface area contributed by atoms with Crippen molar-refractivity contribution in [3.63, 3.8) is 0 Å². The second kappa shape index (κ2) is 5.44. The third-order valence-electron chi connectivity index (χ3n) is 3.78. The summed E-state index contributed by atoms with van der Waals surface area (Å²) in [6.45, 7) is 4.52. The van der Waals surface area contributed by atoms with E-state index >= 15 is 0 Å². The monoisotopic (exact) mass is 218 g/mol. The highest BCUT2D eigenvalue weighted by atomic mass is 15.0. The van der Waals surface area contributed by atoms with Crippen molar-refractivity contribution in [3.8, 4) is 0 Å². The Bertz CT molecular complexity index is 310. The lowest BCUT2D eigenvalue weighted by molar-refractivity contribution is 0.357. The van der Waals surface area contributed by atoms with Gasteiger partial charge in [-0.25, -0.2) is 0 Å². The highest BCUT2D eigenvalue weighted by Gasteiger charge is 2.26. The third kappa shape index (κ3) is 2.62. The minimum Gasteiger partial charge on any atom is -0.306 e. The number of hydrogen-bond donors (Lipinski definition) is 1. The molecule has 0 aliphatic heterocycles. The summed E-state index contributed by atoms with van der Waals surface area (Å²) in [6, 6.07) is 7.21. The molecule has 3 atom stereocenters. The molecule has 1 aliphatic rings. The molecule has 0 amide bonds. The third-order valence-corrected chi connectivity index (χ3v) is 3.78. The molecule has 0 bridgehead atoms. The minimum atomic E-state index is 0.373. The molecule has 0 saturated heterocycles. The fourth-order valence-corrected chi connectivity index (χ4v) is 2.78. The van der Waals surface area contributed by atoms with Crippen LogP contribution in [0.15, 0.2) is 24.4 Å². The minimum absolute atomic E-state index is 0.373. The van der Waals surface area contributed by atoms with Crippen molar-refractivity contribution in [2.75, 3.05) is 0 Å². The molecule has 0 radical (unpaired) electrons. The molecular formula is C14H22N2. The lowest BCUT2D eigenvalue weighted by Gasteiger charge is -2.24. The van der Waals surface area contributed by atoms with Gasteiger partial charge in [0.1, 0.15) is 0 Å². The maximum Gasteiger partial charge on any atom is 0.0570 e. The molecule has 0 spiro atoms. The Hall–Kier alpha value is -0.890. The number of aromatic nitrogens is 1. The van der Waals surface area contributed by atoms with Gasteiger partial charge in [0.2, 0.25) is 0 Å². The summed E-state index contributed by atoms with van der Waals surface area (Å²) in [4.78, 5) is 4.41. The summed E-state index contributed by atoms with van der Waals surface area (Å²) < 4.78 is 0. The second-order valence-corrected chi connectivity index (χ2v) is 4.85. The molecular weight excluding hydrogens is 196 g/mol. The highest BCUT2D eigenvalue weighted by molar-refractivity contribution is 5.08. The molecule has 1 aromatic rings. The van der Waals surface area contributed by atoms with Crippen LogP contribution in [0, 0.1) is 5.92 Å². The van der Waals surface area contributed by atoms with Crippen LogP contribution in [-0.4, -0.2) is 11.0 Å². The first-order valence-electron chi connectivity index (χ1n) is 6.48.